The molecule has 1 aliphatic rings. The van der Waals surface area contributed by atoms with Crippen molar-refractivity contribution in [2.24, 2.45) is 0 Å². The van der Waals surface area contributed by atoms with Crippen LogP contribution in [0.3, 0.4) is 0 Å². The van der Waals surface area contributed by atoms with Crippen molar-refractivity contribution in [1.29, 1.82) is 0 Å². The molecule has 1 amide bonds. The zero-order valence-electron chi connectivity index (χ0n) is 15.5. The molecule has 0 saturated carbocycles. The molecule has 7 heteroatoms. The van der Waals surface area contributed by atoms with E-state index in [4.69, 9.17) is 9.47 Å². The lowest BCUT2D eigenvalue weighted by Crippen LogP contribution is -2.17. The molecule has 7 nitrogen and oxygen atoms in total. The van der Waals surface area contributed by atoms with Crippen LogP contribution in [0.1, 0.15) is 5.56 Å². The van der Waals surface area contributed by atoms with Crippen molar-refractivity contribution in [3.63, 3.8) is 0 Å². The fourth-order valence-electron chi connectivity index (χ4n) is 3.36. The number of aromatic nitrogens is 3. The lowest BCUT2D eigenvalue weighted by atomic mass is 10.1. The number of H-pyrrole nitrogens is 1. The summed E-state index contributed by atoms with van der Waals surface area (Å²) in [5.41, 5.74) is 3.52. The first kappa shape index (κ1) is 17.2. The van der Waals surface area contributed by atoms with Crippen molar-refractivity contribution in [1.82, 2.24) is 15.2 Å². The first-order valence-corrected chi connectivity index (χ1v) is 9.34. The topological polar surface area (TPSA) is 89.1 Å². The second-order valence-electron chi connectivity index (χ2n) is 6.75. The van der Waals surface area contributed by atoms with E-state index in [1.165, 1.54) is 0 Å². The van der Waals surface area contributed by atoms with Crippen molar-refractivity contribution in [3.8, 4) is 22.8 Å². The molecule has 2 aromatic carbocycles. The number of aromatic amines is 1. The predicted molar refractivity (Wildman–Crippen MR) is 109 cm³/mol. The Bertz CT molecular complexity index is 1190. The van der Waals surface area contributed by atoms with Gasteiger partial charge in [-0.3, -0.25) is 14.9 Å². The number of carbonyl (C=O) groups is 1. The van der Waals surface area contributed by atoms with Gasteiger partial charge in [-0.1, -0.05) is 18.2 Å². The van der Waals surface area contributed by atoms with Gasteiger partial charge in [0.1, 0.15) is 13.2 Å². The number of ether oxygens (including phenoxy) is 2. The molecule has 5 rings (SSSR count). The minimum atomic E-state index is -0.154. The summed E-state index contributed by atoms with van der Waals surface area (Å²) in [5, 5.41) is 11.0. The van der Waals surface area contributed by atoms with Gasteiger partial charge < -0.3 is 14.8 Å². The third-order valence-corrected chi connectivity index (χ3v) is 4.75. The Hall–Kier alpha value is -3.87. The van der Waals surface area contributed by atoms with Crippen LogP contribution >= 0.6 is 0 Å². The number of nitrogens with one attached hydrogen (secondary N) is 2. The number of benzene rings is 2. The maximum absolute atomic E-state index is 12.6. The highest BCUT2D eigenvalue weighted by molar-refractivity contribution is 6.01. The molecule has 0 unspecified atom stereocenters. The summed E-state index contributed by atoms with van der Waals surface area (Å²) >= 11 is 0. The Morgan fingerprint density at radius 3 is 2.79 bits per heavy atom. The summed E-state index contributed by atoms with van der Waals surface area (Å²) in [6.07, 6.45) is 1.97. The maximum Gasteiger partial charge on any atom is 0.230 e. The van der Waals surface area contributed by atoms with Gasteiger partial charge >= 0.3 is 0 Å². The van der Waals surface area contributed by atoms with Crippen LogP contribution in [0.25, 0.3) is 22.2 Å². The van der Waals surface area contributed by atoms with E-state index in [0.29, 0.717) is 30.5 Å². The summed E-state index contributed by atoms with van der Waals surface area (Å²) in [6.45, 7) is 1.06. The minimum Gasteiger partial charge on any atom is -0.486 e. The van der Waals surface area contributed by atoms with Gasteiger partial charge in [-0.25, -0.2) is 0 Å². The number of rotatable bonds is 4. The molecule has 0 fully saturated rings. The fourth-order valence-corrected chi connectivity index (χ4v) is 3.36. The molecular weight excluding hydrogens is 368 g/mol. The first-order chi connectivity index (χ1) is 14.3. The normalized spacial score (nSPS) is 12.7. The highest BCUT2D eigenvalue weighted by atomic mass is 16.6. The Kier molecular flexibility index (Phi) is 4.32. The summed E-state index contributed by atoms with van der Waals surface area (Å²) in [4.78, 5) is 17.0. The summed E-state index contributed by atoms with van der Waals surface area (Å²) in [5.74, 6) is 1.73. The molecule has 2 N–H and O–H groups in total. The Labute approximate surface area is 166 Å². The van der Waals surface area contributed by atoms with Crippen molar-refractivity contribution < 1.29 is 14.3 Å². The van der Waals surface area contributed by atoms with Gasteiger partial charge in [-0.05, 0) is 42.0 Å². The number of amides is 1. The maximum atomic E-state index is 12.6. The molecular formula is C22H18N4O3. The lowest BCUT2D eigenvalue weighted by Gasteiger charge is -2.18. The van der Waals surface area contributed by atoms with E-state index in [1.807, 2.05) is 54.6 Å². The molecule has 4 aromatic rings. The van der Waals surface area contributed by atoms with E-state index in [1.54, 1.807) is 6.20 Å². The molecule has 0 spiro atoms. The second kappa shape index (κ2) is 7.27. The van der Waals surface area contributed by atoms with E-state index in [2.05, 4.69) is 20.5 Å². The van der Waals surface area contributed by atoms with Crippen LogP contribution in [0.2, 0.25) is 0 Å². The molecule has 0 atom stereocenters. The van der Waals surface area contributed by atoms with Crippen LogP contribution in [-0.2, 0) is 11.2 Å². The zero-order valence-corrected chi connectivity index (χ0v) is 15.5. The third kappa shape index (κ3) is 3.50. The molecule has 144 valence electrons. The highest BCUT2D eigenvalue weighted by Crippen LogP contribution is 2.31. The minimum absolute atomic E-state index is 0.154. The van der Waals surface area contributed by atoms with Crippen LogP contribution in [0.15, 0.2) is 60.8 Å². The standard InChI is InChI=1S/C22H18N4O3/c27-21(12-14-4-7-19-20(11-14)29-10-9-28-19)24-22-16-13-15(5-6-18(16)25-26-22)17-3-1-2-8-23-17/h1-8,11,13H,9-10,12H2,(H2,24,25,26,27). The molecule has 3 heterocycles. The van der Waals surface area contributed by atoms with Crippen LogP contribution in [0.4, 0.5) is 5.82 Å². The lowest BCUT2D eigenvalue weighted by molar-refractivity contribution is -0.115. The van der Waals surface area contributed by atoms with E-state index in [0.717, 1.165) is 27.7 Å². The van der Waals surface area contributed by atoms with Gasteiger partial charge in [0.2, 0.25) is 5.91 Å². The summed E-state index contributed by atoms with van der Waals surface area (Å²) in [7, 11) is 0. The molecule has 29 heavy (non-hydrogen) atoms. The number of hydrogen-bond donors (Lipinski definition) is 2. The summed E-state index contributed by atoms with van der Waals surface area (Å²) < 4.78 is 11.1. The van der Waals surface area contributed by atoms with Crippen LogP contribution in [-0.4, -0.2) is 34.3 Å². The SMILES string of the molecule is O=C(Cc1ccc2c(c1)OCCO2)Nc1n[nH]c2ccc(-c3ccccn3)cc12. The van der Waals surface area contributed by atoms with E-state index >= 15 is 0 Å². The molecule has 1 aliphatic heterocycles. The largest absolute Gasteiger partial charge is 0.486 e. The second-order valence-corrected chi connectivity index (χ2v) is 6.75. The van der Waals surface area contributed by atoms with E-state index < -0.39 is 0 Å². The van der Waals surface area contributed by atoms with Gasteiger partial charge in [0.05, 0.1) is 17.6 Å². The number of anilines is 1. The highest BCUT2D eigenvalue weighted by Gasteiger charge is 2.15. The van der Waals surface area contributed by atoms with Crippen LogP contribution in [0, 0.1) is 0 Å². The van der Waals surface area contributed by atoms with Gasteiger partial charge in [-0.2, -0.15) is 5.10 Å². The Morgan fingerprint density at radius 1 is 1.03 bits per heavy atom. The van der Waals surface area contributed by atoms with E-state index in [9.17, 15) is 4.79 Å². The fraction of sp³-hybridized carbons (Fsp3) is 0.136. The molecule has 0 bridgehead atoms. The van der Waals surface area contributed by atoms with Gasteiger partial charge in [0, 0.05) is 17.1 Å². The van der Waals surface area contributed by atoms with Crippen LogP contribution in [0.5, 0.6) is 11.5 Å². The van der Waals surface area contributed by atoms with Crippen molar-refractivity contribution >= 4 is 22.6 Å². The Balaban J connectivity index is 1.36. The third-order valence-electron chi connectivity index (χ3n) is 4.75. The van der Waals surface area contributed by atoms with Gasteiger partial charge in [0.15, 0.2) is 17.3 Å². The monoisotopic (exact) mass is 386 g/mol. The first-order valence-electron chi connectivity index (χ1n) is 9.34. The predicted octanol–water partition coefficient (Wildman–Crippen LogP) is 3.58. The smallest absolute Gasteiger partial charge is 0.230 e. The van der Waals surface area contributed by atoms with Crippen molar-refractivity contribution in [3.05, 3.63) is 66.4 Å². The van der Waals surface area contributed by atoms with Gasteiger partial charge in [0.25, 0.3) is 0 Å². The molecule has 0 aliphatic carbocycles. The number of hydrogen-bond acceptors (Lipinski definition) is 5. The quantitative estimate of drug-likeness (QED) is 0.560. The summed E-state index contributed by atoms with van der Waals surface area (Å²) in [6, 6.07) is 17.2. The number of nitrogens with zero attached hydrogens (tertiary/aromatic N) is 2. The Morgan fingerprint density at radius 2 is 1.93 bits per heavy atom. The van der Waals surface area contributed by atoms with Crippen LogP contribution < -0.4 is 14.8 Å². The molecule has 2 aromatic heterocycles. The van der Waals surface area contributed by atoms with Gasteiger partial charge in [-0.15, -0.1) is 0 Å². The van der Waals surface area contributed by atoms with Crippen molar-refractivity contribution in [2.75, 3.05) is 18.5 Å². The average molecular weight is 386 g/mol. The molecule has 0 radical (unpaired) electrons. The van der Waals surface area contributed by atoms with Crippen molar-refractivity contribution in [2.45, 2.75) is 6.42 Å². The number of carbonyl (C=O) groups excluding carboxylic acids is 1. The zero-order chi connectivity index (χ0) is 19.6. The average Bonchev–Trinajstić information content (AvgIpc) is 3.16. The number of fused-ring (bicyclic) bond motifs is 2. The molecule has 0 saturated heterocycles. The van der Waals surface area contributed by atoms with E-state index in [-0.39, 0.29) is 12.3 Å². The number of pyridine rings is 1.